The minimum atomic E-state index is -1.83. The minimum absolute atomic E-state index is 0.146. The van der Waals surface area contributed by atoms with E-state index in [-0.39, 0.29) is 5.04 Å². The molecule has 0 heterocycles. The number of hydrogen-bond donors (Lipinski definition) is 0. The number of unbranched alkanes of at least 4 members (excludes halogenated alkanes) is 8. The Morgan fingerprint density at radius 3 is 1.86 bits per heavy atom. The van der Waals surface area contributed by atoms with Crippen LogP contribution in [0.1, 0.15) is 85.5 Å². The zero-order valence-electron chi connectivity index (χ0n) is 15.4. The summed E-state index contributed by atoms with van der Waals surface area (Å²) in [6, 6.07) is 0. The van der Waals surface area contributed by atoms with Gasteiger partial charge < -0.3 is 4.79 Å². The highest BCUT2D eigenvalue weighted by molar-refractivity contribution is 7.07. The molecule has 0 atom stereocenters. The standard InChI is InChI=1S/C19H38OSi/c1-7-8-9-10-11-12-13-14-15-16-17-18(20)21(5,6)19(2,3)4/h16-17H,7-15H2,1-6H3/b17-16+. The molecule has 0 aromatic rings. The monoisotopic (exact) mass is 310 g/mol. The zero-order chi connectivity index (χ0) is 16.4. The summed E-state index contributed by atoms with van der Waals surface area (Å²) in [6.07, 6.45) is 15.8. The van der Waals surface area contributed by atoms with Crippen molar-refractivity contribution < 1.29 is 4.79 Å². The summed E-state index contributed by atoms with van der Waals surface area (Å²) in [4.78, 5) is 12.3. The van der Waals surface area contributed by atoms with E-state index in [1.54, 1.807) is 0 Å². The van der Waals surface area contributed by atoms with E-state index in [1.165, 1.54) is 51.4 Å². The Balaban J connectivity index is 3.76. The third-order valence-electron chi connectivity index (χ3n) is 4.98. The Morgan fingerprint density at radius 2 is 1.38 bits per heavy atom. The van der Waals surface area contributed by atoms with Crippen molar-refractivity contribution in [3.05, 3.63) is 12.2 Å². The molecule has 2 heteroatoms. The van der Waals surface area contributed by atoms with Gasteiger partial charge in [0.15, 0.2) is 0 Å². The molecule has 124 valence electrons. The average Bonchev–Trinajstić information content (AvgIpc) is 2.39. The second kappa shape index (κ2) is 10.4. The molecule has 0 saturated heterocycles. The zero-order valence-corrected chi connectivity index (χ0v) is 16.4. The van der Waals surface area contributed by atoms with Crippen LogP contribution in [0.5, 0.6) is 0 Å². The summed E-state index contributed by atoms with van der Waals surface area (Å²) in [5.41, 5.74) is 0. The molecule has 0 aliphatic heterocycles. The summed E-state index contributed by atoms with van der Waals surface area (Å²) in [7, 11) is -1.83. The van der Waals surface area contributed by atoms with Gasteiger partial charge in [-0.1, -0.05) is 91.8 Å². The molecular weight excluding hydrogens is 272 g/mol. The minimum Gasteiger partial charge on any atom is -0.301 e. The topological polar surface area (TPSA) is 17.1 Å². The summed E-state index contributed by atoms with van der Waals surface area (Å²) in [6.45, 7) is 13.2. The van der Waals surface area contributed by atoms with Crippen molar-refractivity contribution >= 4 is 13.5 Å². The summed E-state index contributed by atoms with van der Waals surface area (Å²) in [5, 5.41) is 0.543. The van der Waals surface area contributed by atoms with Gasteiger partial charge >= 0.3 is 0 Å². The fourth-order valence-electron chi connectivity index (χ4n) is 2.16. The molecule has 21 heavy (non-hydrogen) atoms. The molecule has 0 radical (unpaired) electrons. The van der Waals surface area contributed by atoms with Gasteiger partial charge in [0.2, 0.25) is 0 Å². The second-order valence-corrected chi connectivity index (χ2v) is 13.1. The first-order chi connectivity index (χ1) is 9.73. The molecule has 0 aliphatic rings. The Labute approximate surface area is 134 Å². The van der Waals surface area contributed by atoms with Gasteiger partial charge in [0.1, 0.15) is 13.5 Å². The smallest absolute Gasteiger partial charge is 0.137 e. The van der Waals surface area contributed by atoms with E-state index in [4.69, 9.17) is 0 Å². The van der Waals surface area contributed by atoms with Crippen molar-refractivity contribution in [2.24, 2.45) is 0 Å². The van der Waals surface area contributed by atoms with E-state index >= 15 is 0 Å². The third-order valence-corrected chi connectivity index (χ3v) is 10.1. The van der Waals surface area contributed by atoms with Crippen molar-refractivity contribution in [1.82, 2.24) is 0 Å². The van der Waals surface area contributed by atoms with Crippen LogP contribution in [0.4, 0.5) is 0 Å². The first-order valence-electron chi connectivity index (χ1n) is 8.94. The fraction of sp³-hybridized carbons (Fsp3) is 0.842. The molecule has 0 fully saturated rings. The highest BCUT2D eigenvalue weighted by Crippen LogP contribution is 2.36. The first kappa shape index (κ1) is 20.6. The molecule has 0 unspecified atom stereocenters. The number of carbonyl (C=O) groups excluding carboxylic acids is 1. The van der Waals surface area contributed by atoms with E-state index in [9.17, 15) is 4.79 Å². The molecular formula is C19H38OSi. The maximum atomic E-state index is 12.3. The van der Waals surface area contributed by atoms with Gasteiger partial charge in [0.05, 0.1) is 0 Å². The molecule has 1 nitrogen and oxygen atoms in total. The van der Waals surface area contributed by atoms with Gasteiger partial charge in [-0.25, -0.2) is 0 Å². The number of hydrogen-bond acceptors (Lipinski definition) is 1. The Kier molecular flexibility index (Phi) is 10.2. The van der Waals surface area contributed by atoms with E-state index in [0.29, 0.717) is 5.41 Å². The fourth-order valence-corrected chi connectivity index (χ4v) is 3.44. The molecule has 0 aromatic heterocycles. The van der Waals surface area contributed by atoms with Crippen LogP contribution in [-0.4, -0.2) is 13.5 Å². The van der Waals surface area contributed by atoms with Crippen molar-refractivity contribution in [2.75, 3.05) is 0 Å². The van der Waals surface area contributed by atoms with Crippen LogP contribution in [0, 0.1) is 0 Å². The number of rotatable bonds is 11. The van der Waals surface area contributed by atoms with E-state index in [1.807, 2.05) is 6.08 Å². The Hall–Kier alpha value is -0.373. The van der Waals surface area contributed by atoms with E-state index in [0.717, 1.165) is 6.42 Å². The summed E-state index contributed by atoms with van der Waals surface area (Å²) < 4.78 is 0. The van der Waals surface area contributed by atoms with Gasteiger partial charge in [-0.15, -0.1) is 0 Å². The number of allylic oxidation sites excluding steroid dienone is 2. The Morgan fingerprint density at radius 1 is 0.905 bits per heavy atom. The lowest BCUT2D eigenvalue weighted by atomic mass is 10.1. The van der Waals surface area contributed by atoms with Gasteiger partial charge in [0, 0.05) is 0 Å². The van der Waals surface area contributed by atoms with Crippen LogP contribution in [0.25, 0.3) is 0 Å². The lowest BCUT2D eigenvalue weighted by Crippen LogP contribution is -2.45. The lowest BCUT2D eigenvalue weighted by molar-refractivity contribution is -0.108. The molecule has 0 N–H and O–H groups in total. The predicted molar refractivity (Wildman–Crippen MR) is 98.6 cm³/mol. The molecule has 0 bridgehead atoms. The van der Waals surface area contributed by atoms with Crippen molar-refractivity contribution in [2.45, 2.75) is 104 Å². The summed E-state index contributed by atoms with van der Waals surface area (Å²) in [5.74, 6) is 0. The molecule has 0 rings (SSSR count). The van der Waals surface area contributed by atoms with Crippen LogP contribution >= 0.6 is 0 Å². The van der Waals surface area contributed by atoms with Gasteiger partial charge in [-0.3, -0.25) is 0 Å². The molecule has 0 spiro atoms. The van der Waals surface area contributed by atoms with Crippen LogP contribution in [0.2, 0.25) is 18.1 Å². The van der Waals surface area contributed by atoms with Crippen molar-refractivity contribution in [3.63, 3.8) is 0 Å². The molecule has 0 aliphatic carbocycles. The molecule has 0 aromatic carbocycles. The normalized spacial score (nSPS) is 13.0. The van der Waals surface area contributed by atoms with Crippen LogP contribution in [0.3, 0.4) is 0 Å². The van der Waals surface area contributed by atoms with E-state index < -0.39 is 8.07 Å². The first-order valence-corrected chi connectivity index (χ1v) is 11.9. The van der Waals surface area contributed by atoms with Gasteiger partial charge in [-0.05, 0) is 24.0 Å². The highest BCUT2D eigenvalue weighted by Gasteiger charge is 2.40. The van der Waals surface area contributed by atoms with Gasteiger partial charge in [-0.2, -0.15) is 0 Å². The van der Waals surface area contributed by atoms with Gasteiger partial charge in [0.25, 0.3) is 0 Å². The maximum absolute atomic E-state index is 12.3. The van der Waals surface area contributed by atoms with Crippen LogP contribution < -0.4 is 0 Å². The van der Waals surface area contributed by atoms with Crippen molar-refractivity contribution in [3.8, 4) is 0 Å². The second-order valence-electron chi connectivity index (χ2n) is 7.91. The SMILES string of the molecule is CCCCCCCCCC/C=C/C(=O)[Si](C)(C)C(C)(C)C. The molecule has 0 amide bonds. The predicted octanol–water partition coefficient (Wildman–Crippen LogP) is 6.69. The maximum Gasteiger partial charge on any atom is 0.137 e. The van der Waals surface area contributed by atoms with Crippen LogP contribution in [-0.2, 0) is 4.79 Å². The average molecular weight is 311 g/mol. The Bertz CT molecular complexity index is 310. The number of carbonyl (C=O) groups is 1. The largest absolute Gasteiger partial charge is 0.301 e. The van der Waals surface area contributed by atoms with E-state index in [2.05, 4.69) is 46.9 Å². The third kappa shape index (κ3) is 8.60. The summed E-state index contributed by atoms with van der Waals surface area (Å²) >= 11 is 0. The molecule has 0 saturated carbocycles. The van der Waals surface area contributed by atoms with Crippen LogP contribution in [0.15, 0.2) is 12.2 Å². The highest BCUT2D eigenvalue weighted by atomic mass is 28.3. The van der Waals surface area contributed by atoms with Crippen molar-refractivity contribution in [1.29, 1.82) is 0 Å². The quantitative estimate of drug-likeness (QED) is 0.236. The lowest BCUT2D eigenvalue weighted by Gasteiger charge is -2.34.